The molecular formula is C12H8ClFN4OS. The second-order valence-corrected chi connectivity index (χ2v) is 5.12. The van der Waals surface area contributed by atoms with Gasteiger partial charge < -0.3 is 4.74 Å². The summed E-state index contributed by atoms with van der Waals surface area (Å²) in [7, 11) is 0. The monoisotopic (exact) mass is 310 g/mol. The Kier molecular flexibility index (Phi) is 3.39. The third-order valence-electron chi connectivity index (χ3n) is 2.52. The molecule has 0 atom stereocenters. The van der Waals surface area contributed by atoms with Gasteiger partial charge in [0.15, 0.2) is 0 Å². The summed E-state index contributed by atoms with van der Waals surface area (Å²) in [6.07, 6.45) is 0. The van der Waals surface area contributed by atoms with Crippen LogP contribution < -0.4 is 16.0 Å². The quantitative estimate of drug-likeness (QED) is 0.571. The third kappa shape index (κ3) is 2.38. The number of benzene rings is 1. The van der Waals surface area contributed by atoms with Crippen LogP contribution in [0.4, 0.5) is 10.3 Å². The highest BCUT2D eigenvalue weighted by atomic mass is 35.5. The van der Waals surface area contributed by atoms with Crippen LogP contribution in [0.15, 0.2) is 29.6 Å². The molecule has 2 aromatic heterocycles. The second-order valence-electron chi connectivity index (χ2n) is 3.81. The van der Waals surface area contributed by atoms with Crippen molar-refractivity contribution in [2.45, 2.75) is 0 Å². The van der Waals surface area contributed by atoms with Gasteiger partial charge in [0, 0.05) is 6.07 Å². The average Bonchev–Trinajstić information content (AvgIpc) is 2.91. The van der Waals surface area contributed by atoms with Gasteiger partial charge in [-0.25, -0.2) is 15.2 Å². The lowest BCUT2D eigenvalue weighted by Crippen LogP contribution is -2.10. The van der Waals surface area contributed by atoms with Crippen molar-refractivity contribution in [3.8, 4) is 11.6 Å². The molecule has 0 saturated carbocycles. The van der Waals surface area contributed by atoms with Gasteiger partial charge in [0.2, 0.25) is 11.8 Å². The van der Waals surface area contributed by atoms with E-state index < -0.39 is 5.82 Å². The highest BCUT2D eigenvalue weighted by Gasteiger charge is 2.11. The Balaban J connectivity index is 2.04. The Morgan fingerprint density at radius 1 is 1.30 bits per heavy atom. The summed E-state index contributed by atoms with van der Waals surface area (Å²) < 4.78 is 18.8. The number of fused-ring (bicyclic) bond motifs is 1. The lowest BCUT2D eigenvalue weighted by atomic mass is 10.3. The lowest BCUT2D eigenvalue weighted by molar-refractivity contribution is 0.467. The molecule has 102 valence electrons. The minimum absolute atomic E-state index is 0.0182. The number of halogens is 2. The maximum Gasteiger partial charge on any atom is 0.241 e. The van der Waals surface area contributed by atoms with E-state index in [9.17, 15) is 4.39 Å². The molecule has 1 aromatic carbocycles. The molecule has 0 spiro atoms. The minimum Gasteiger partial charge on any atom is -0.438 e. The van der Waals surface area contributed by atoms with Gasteiger partial charge in [-0.15, -0.1) is 11.3 Å². The molecule has 0 aliphatic rings. The molecule has 0 amide bonds. The molecule has 0 unspecified atom stereocenters. The minimum atomic E-state index is -0.508. The Morgan fingerprint density at radius 3 is 2.90 bits per heavy atom. The number of nitrogens with one attached hydrogen (secondary N) is 1. The van der Waals surface area contributed by atoms with Crippen molar-refractivity contribution >= 4 is 39.1 Å². The number of nitrogens with two attached hydrogens (primary N) is 1. The maximum absolute atomic E-state index is 13.1. The van der Waals surface area contributed by atoms with Gasteiger partial charge in [-0.3, -0.25) is 5.43 Å². The third-order valence-corrected chi connectivity index (χ3v) is 3.62. The van der Waals surface area contributed by atoms with Crippen molar-refractivity contribution in [3.05, 3.63) is 40.5 Å². The number of hydrogen-bond donors (Lipinski definition) is 2. The summed E-state index contributed by atoms with van der Waals surface area (Å²) in [5, 5.41) is 2.59. The summed E-state index contributed by atoms with van der Waals surface area (Å²) in [6.45, 7) is 0. The summed E-state index contributed by atoms with van der Waals surface area (Å²) in [5.41, 5.74) is 2.37. The second kappa shape index (κ2) is 5.20. The first kappa shape index (κ1) is 13.0. The van der Waals surface area contributed by atoms with Gasteiger partial charge in [0.25, 0.3) is 0 Å². The largest absolute Gasteiger partial charge is 0.438 e. The highest BCUT2D eigenvalue weighted by Crippen LogP contribution is 2.32. The van der Waals surface area contributed by atoms with Crippen molar-refractivity contribution in [3.63, 3.8) is 0 Å². The van der Waals surface area contributed by atoms with E-state index in [1.54, 1.807) is 0 Å². The molecule has 20 heavy (non-hydrogen) atoms. The van der Waals surface area contributed by atoms with Crippen molar-refractivity contribution in [1.29, 1.82) is 0 Å². The molecular weight excluding hydrogens is 303 g/mol. The number of hydrogen-bond acceptors (Lipinski definition) is 6. The fourth-order valence-electron chi connectivity index (χ4n) is 1.62. The number of hydrazine groups is 1. The first-order chi connectivity index (χ1) is 9.67. The number of ether oxygens (including phenoxy) is 1. The average molecular weight is 311 g/mol. The Morgan fingerprint density at radius 2 is 2.15 bits per heavy atom. The van der Waals surface area contributed by atoms with Gasteiger partial charge in [-0.1, -0.05) is 11.6 Å². The van der Waals surface area contributed by atoms with Crippen LogP contribution in [0.5, 0.6) is 11.6 Å². The van der Waals surface area contributed by atoms with Crippen molar-refractivity contribution < 1.29 is 9.13 Å². The van der Waals surface area contributed by atoms with Crippen molar-refractivity contribution in [1.82, 2.24) is 9.97 Å². The number of nitrogens with zero attached hydrogens (tertiary/aromatic N) is 2. The van der Waals surface area contributed by atoms with E-state index >= 15 is 0 Å². The van der Waals surface area contributed by atoms with E-state index in [4.69, 9.17) is 22.2 Å². The van der Waals surface area contributed by atoms with E-state index in [0.29, 0.717) is 11.6 Å². The van der Waals surface area contributed by atoms with Crippen LogP contribution in [0.25, 0.3) is 10.2 Å². The molecule has 3 aromatic rings. The zero-order valence-corrected chi connectivity index (χ0v) is 11.5. The van der Waals surface area contributed by atoms with E-state index in [0.717, 1.165) is 10.2 Å². The predicted octanol–water partition coefficient (Wildman–Crippen LogP) is 3.56. The normalized spacial score (nSPS) is 10.8. The van der Waals surface area contributed by atoms with E-state index in [2.05, 4.69) is 15.4 Å². The Labute approximate surface area is 122 Å². The molecule has 5 nitrogen and oxygen atoms in total. The standard InChI is InChI=1S/C12H8ClFN4OS/c13-8-5-6(1-2-9(8)14)19-10-7-3-4-20-11(7)17-12(16-10)18-15/h1-5H,15H2,(H,16,17,18). The van der Waals surface area contributed by atoms with Crippen molar-refractivity contribution in [2.75, 3.05) is 5.43 Å². The summed E-state index contributed by atoms with van der Waals surface area (Å²) in [5.74, 6) is 5.76. The number of anilines is 1. The molecule has 0 radical (unpaired) electrons. The van der Waals surface area contributed by atoms with Crippen LogP contribution in [0, 0.1) is 5.82 Å². The highest BCUT2D eigenvalue weighted by molar-refractivity contribution is 7.16. The Bertz CT molecular complexity index is 779. The summed E-state index contributed by atoms with van der Waals surface area (Å²) in [4.78, 5) is 9.06. The number of aromatic nitrogens is 2. The topological polar surface area (TPSA) is 73.1 Å². The van der Waals surface area contributed by atoms with Crippen LogP contribution in [0.3, 0.4) is 0 Å². The molecule has 3 rings (SSSR count). The Hall–Kier alpha value is -1.96. The van der Waals surface area contributed by atoms with E-state index in [1.807, 2.05) is 11.4 Å². The predicted molar refractivity (Wildman–Crippen MR) is 76.7 cm³/mol. The van der Waals surface area contributed by atoms with Gasteiger partial charge >= 0.3 is 0 Å². The fourth-order valence-corrected chi connectivity index (χ4v) is 2.55. The SMILES string of the molecule is NNc1nc(Oc2ccc(F)c(Cl)c2)c2ccsc2n1. The van der Waals surface area contributed by atoms with Gasteiger partial charge in [0.1, 0.15) is 16.4 Å². The molecule has 0 aliphatic heterocycles. The van der Waals surface area contributed by atoms with Gasteiger partial charge in [-0.2, -0.15) is 4.98 Å². The lowest BCUT2D eigenvalue weighted by Gasteiger charge is -2.08. The first-order valence-electron chi connectivity index (χ1n) is 5.52. The zero-order chi connectivity index (χ0) is 14.1. The molecule has 0 saturated heterocycles. The van der Waals surface area contributed by atoms with E-state index in [-0.39, 0.29) is 11.0 Å². The number of nitrogen functional groups attached to an aromatic ring is 1. The van der Waals surface area contributed by atoms with Gasteiger partial charge in [-0.05, 0) is 23.6 Å². The first-order valence-corrected chi connectivity index (χ1v) is 6.78. The van der Waals surface area contributed by atoms with Crippen LogP contribution in [0.2, 0.25) is 5.02 Å². The summed E-state index contributed by atoms with van der Waals surface area (Å²) >= 11 is 7.15. The molecule has 3 N–H and O–H groups in total. The smallest absolute Gasteiger partial charge is 0.241 e. The van der Waals surface area contributed by atoms with E-state index in [1.165, 1.54) is 29.5 Å². The molecule has 0 aliphatic carbocycles. The maximum atomic E-state index is 13.1. The summed E-state index contributed by atoms with van der Waals surface area (Å²) in [6, 6.07) is 5.91. The van der Waals surface area contributed by atoms with Crippen LogP contribution in [-0.2, 0) is 0 Å². The van der Waals surface area contributed by atoms with Crippen LogP contribution >= 0.6 is 22.9 Å². The van der Waals surface area contributed by atoms with Crippen LogP contribution in [0.1, 0.15) is 0 Å². The number of thiophene rings is 1. The molecule has 2 heterocycles. The molecule has 8 heteroatoms. The fraction of sp³-hybridized carbons (Fsp3) is 0. The molecule has 0 bridgehead atoms. The van der Waals surface area contributed by atoms with Gasteiger partial charge in [0.05, 0.1) is 10.4 Å². The number of rotatable bonds is 3. The molecule has 0 fully saturated rings. The zero-order valence-electron chi connectivity index (χ0n) is 9.93. The van der Waals surface area contributed by atoms with Crippen molar-refractivity contribution in [2.24, 2.45) is 5.84 Å². The van der Waals surface area contributed by atoms with Crippen LogP contribution in [-0.4, -0.2) is 9.97 Å².